The maximum atomic E-state index is 12.9. The first-order valence-corrected chi connectivity index (χ1v) is 9.14. The molecule has 1 amide bonds. The molecule has 1 aliphatic heterocycles. The molecule has 0 aliphatic carbocycles. The molecule has 1 aliphatic rings. The molecule has 1 fully saturated rings. The smallest absolute Gasteiger partial charge is 0.243 e. The number of sulfonamides is 1. The lowest BCUT2D eigenvalue weighted by Gasteiger charge is -2.22. The van der Waals surface area contributed by atoms with Crippen LogP contribution >= 0.6 is 0 Å². The van der Waals surface area contributed by atoms with E-state index in [1.807, 2.05) is 6.92 Å². The van der Waals surface area contributed by atoms with Gasteiger partial charge in [0.05, 0.1) is 16.6 Å². The Morgan fingerprint density at radius 2 is 2.04 bits per heavy atom. The molecular weight excluding hydrogens is 330 g/mol. The molecule has 0 saturated carbocycles. The van der Waals surface area contributed by atoms with Gasteiger partial charge in [-0.05, 0) is 44.0 Å². The highest BCUT2D eigenvalue weighted by atomic mass is 32.2. The van der Waals surface area contributed by atoms with Crippen LogP contribution in [0.5, 0.6) is 0 Å². The number of carbonyl (C=O) groups excluding carboxylic acids is 1. The summed E-state index contributed by atoms with van der Waals surface area (Å²) in [5.41, 5.74) is 1.29. The van der Waals surface area contributed by atoms with Crippen molar-refractivity contribution < 1.29 is 17.7 Å². The summed E-state index contributed by atoms with van der Waals surface area (Å²) in [6.45, 7) is 3.65. The molecule has 3 rings (SSSR count). The number of anilines is 1. The summed E-state index contributed by atoms with van der Waals surface area (Å²) < 4.78 is 32.6. The first-order valence-electron chi connectivity index (χ1n) is 7.70. The second-order valence-corrected chi connectivity index (χ2v) is 7.74. The van der Waals surface area contributed by atoms with Crippen molar-refractivity contribution in [2.45, 2.75) is 37.6 Å². The molecule has 0 radical (unpaired) electrons. The number of aromatic nitrogens is 1. The topological polar surface area (TPSA) is 92.5 Å². The molecule has 1 N–H and O–H groups in total. The Kier molecular flexibility index (Phi) is 4.42. The fourth-order valence-corrected chi connectivity index (χ4v) is 4.57. The van der Waals surface area contributed by atoms with Crippen molar-refractivity contribution in [3.8, 4) is 0 Å². The predicted molar refractivity (Wildman–Crippen MR) is 87.9 cm³/mol. The maximum absolute atomic E-state index is 12.9. The van der Waals surface area contributed by atoms with Crippen LogP contribution in [0.25, 0.3) is 0 Å². The van der Waals surface area contributed by atoms with Crippen LogP contribution < -0.4 is 5.32 Å². The van der Waals surface area contributed by atoms with E-state index in [2.05, 4.69) is 10.5 Å². The molecule has 1 saturated heterocycles. The largest absolute Gasteiger partial charge is 0.359 e. The summed E-state index contributed by atoms with van der Waals surface area (Å²) in [6, 6.07) is 7.61. The number of hydrogen-bond acceptors (Lipinski definition) is 5. The number of rotatable bonds is 4. The van der Waals surface area contributed by atoms with Gasteiger partial charge >= 0.3 is 0 Å². The molecular formula is C16H19N3O4S. The fraction of sp³-hybridized carbons (Fsp3) is 0.375. The minimum Gasteiger partial charge on any atom is -0.359 e. The van der Waals surface area contributed by atoms with Crippen LogP contribution in [0.2, 0.25) is 0 Å². The number of carbonyl (C=O) groups is 1. The number of nitrogens with one attached hydrogen (secondary N) is 1. The molecule has 8 heteroatoms. The number of amides is 1. The van der Waals surface area contributed by atoms with Gasteiger partial charge in [-0.2, -0.15) is 4.31 Å². The first kappa shape index (κ1) is 16.7. The molecule has 1 aromatic carbocycles. The third-order valence-corrected chi connectivity index (χ3v) is 5.88. The molecule has 2 aromatic rings. The Morgan fingerprint density at radius 3 is 2.62 bits per heavy atom. The normalized spacial score (nSPS) is 18.7. The van der Waals surface area contributed by atoms with Gasteiger partial charge in [0.15, 0.2) is 5.76 Å². The Hall–Kier alpha value is -2.19. The third kappa shape index (κ3) is 3.20. The molecule has 1 aromatic heterocycles. The zero-order chi connectivity index (χ0) is 17.3. The van der Waals surface area contributed by atoms with E-state index in [4.69, 9.17) is 4.52 Å². The average Bonchev–Trinajstić information content (AvgIpc) is 3.15. The first-order chi connectivity index (χ1) is 11.4. The van der Waals surface area contributed by atoms with Crippen molar-refractivity contribution in [2.24, 2.45) is 0 Å². The van der Waals surface area contributed by atoms with Crippen molar-refractivity contribution in [2.75, 3.05) is 11.9 Å². The van der Waals surface area contributed by atoms with E-state index in [0.717, 1.165) is 12.1 Å². The minimum absolute atomic E-state index is 0.194. The highest BCUT2D eigenvalue weighted by Gasteiger charge is 2.38. The molecule has 0 bridgehead atoms. The molecule has 128 valence electrons. The summed E-state index contributed by atoms with van der Waals surface area (Å²) >= 11 is 0. The van der Waals surface area contributed by atoms with Gasteiger partial charge in [0.1, 0.15) is 0 Å². The molecule has 0 spiro atoms. The Labute approximate surface area is 140 Å². The SMILES string of the molecule is CC(=O)Nc1ccc(S(=O)(=O)N2CCC[C@@H]2c2cc(C)no2)cc1. The van der Waals surface area contributed by atoms with Gasteiger partial charge in [-0.15, -0.1) is 0 Å². The summed E-state index contributed by atoms with van der Waals surface area (Å²) in [5.74, 6) is 0.370. The van der Waals surface area contributed by atoms with E-state index in [9.17, 15) is 13.2 Å². The molecule has 2 heterocycles. The van der Waals surface area contributed by atoms with Crippen molar-refractivity contribution in [1.82, 2.24) is 9.46 Å². The lowest BCUT2D eigenvalue weighted by molar-refractivity contribution is -0.114. The fourth-order valence-electron chi connectivity index (χ4n) is 2.90. The van der Waals surface area contributed by atoms with Gasteiger partial charge in [-0.1, -0.05) is 5.16 Å². The summed E-state index contributed by atoms with van der Waals surface area (Å²) in [4.78, 5) is 11.2. The number of aryl methyl sites for hydroxylation is 1. The van der Waals surface area contributed by atoms with Gasteiger partial charge in [0, 0.05) is 25.2 Å². The van der Waals surface area contributed by atoms with Crippen molar-refractivity contribution in [1.29, 1.82) is 0 Å². The zero-order valence-corrected chi connectivity index (χ0v) is 14.3. The predicted octanol–water partition coefficient (Wildman–Crippen LogP) is 2.47. The number of benzene rings is 1. The van der Waals surface area contributed by atoms with Crippen molar-refractivity contribution in [3.63, 3.8) is 0 Å². The Bertz CT molecular complexity index is 842. The Balaban J connectivity index is 1.87. The van der Waals surface area contributed by atoms with Gasteiger partial charge in [-0.25, -0.2) is 8.42 Å². The highest BCUT2D eigenvalue weighted by Crippen LogP contribution is 2.36. The van der Waals surface area contributed by atoms with Gasteiger partial charge < -0.3 is 9.84 Å². The van der Waals surface area contributed by atoms with E-state index in [1.165, 1.54) is 23.4 Å². The lowest BCUT2D eigenvalue weighted by atomic mass is 10.2. The van der Waals surface area contributed by atoms with Crippen LogP contribution in [0.15, 0.2) is 39.8 Å². The van der Waals surface area contributed by atoms with E-state index in [-0.39, 0.29) is 16.8 Å². The average molecular weight is 349 g/mol. The minimum atomic E-state index is -3.64. The zero-order valence-electron chi connectivity index (χ0n) is 13.5. The van der Waals surface area contributed by atoms with Crippen LogP contribution in [0, 0.1) is 6.92 Å². The second kappa shape index (κ2) is 6.37. The molecule has 24 heavy (non-hydrogen) atoms. The standard InChI is InChI=1S/C16H19N3O4S/c1-11-10-16(23-18-11)15-4-3-9-19(15)24(21,22)14-7-5-13(6-8-14)17-12(2)20/h5-8,10,15H,3-4,9H2,1-2H3,(H,17,20)/t15-/m1/s1. The Morgan fingerprint density at radius 1 is 1.33 bits per heavy atom. The van der Waals surface area contributed by atoms with Crippen molar-refractivity contribution in [3.05, 3.63) is 41.8 Å². The number of nitrogens with zero attached hydrogens (tertiary/aromatic N) is 2. The molecule has 1 atom stereocenters. The van der Waals surface area contributed by atoms with E-state index < -0.39 is 10.0 Å². The number of hydrogen-bond donors (Lipinski definition) is 1. The van der Waals surface area contributed by atoms with E-state index >= 15 is 0 Å². The highest BCUT2D eigenvalue weighted by molar-refractivity contribution is 7.89. The van der Waals surface area contributed by atoms with Crippen LogP contribution in [0.4, 0.5) is 5.69 Å². The van der Waals surface area contributed by atoms with Gasteiger partial charge in [0.2, 0.25) is 15.9 Å². The lowest BCUT2D eigenvalue weighted by Crippen LogP contribution is -2.30. The van der Waals surface area contributed by atoms with Crippen LogP contribution in [-0.4, -0.2) is 30.3 Å². The van der Waals surface area contributed by atoms with Gasteiger partial charge in [-0.3, -0.25) is 4.79 Å². The van der Waals surface area contributed by atoms with E-state index in [1.54, 1.807) is 18.2 Å². The second-order valence-electron chi connectivity index (χ2n) is 5.85. The van der Waals surface area contributed by atoms with Crippen LogP contribution in [-0.2, 0) is 14.8 Å². The van der Waals surface area contributed by atoms with Crippen molar-refractivity contribution >= 4 is 21.6 Å². The quantitative estimate of drug-likeness (QED) is 0.915. The molecule has 7 nitrogen and oxygen atoms in total. The maximum Gasteiger partial charge on any atom is 0.243 e. The van der Waals surface area contributed by atoms with E-state index in [0.29, 0.717) is 24.4 Å². The van der Waals surface area contributed by atoms with Crippen LogP contribution in [0.1, 0.15) is 37.3 Å². The summed E-state index contributed by atoms with van der Waals surface area (Å²) in [6.07, 6.45) is 1.48. The summed E-state index contributed by atoms with van der Waals surface area (Å²) in [7, 11) is -3.64. The van der Waals surface area contributed by atoms with Gasteiger partial charge in [0.25, 0.3) is 0 Å². The summed E-state index contributed by atoms with van der Waals surface area (Å²) in [5, 5.41) is 6.47. The third-order valence-electron chi connectivity index (χ3n) is 3.96. The molecule has 0 unspecified atom stereocenters. The monoisotopic (exact) mass is 349 g/mol. The van der Waals surface area contributed by atoms with Crippen LogP contribution in [0.3, 0.4) is 0 Å².